The van der Waals surface area contributed by atoms with Crippen molar-refractivity contribution in [1.82, 2.24) is 25.1 Å². The quantitative estimate of drug-likeness (QED) is 0.659. The van der Waals surface area contributed by atoms with Gasteiger partial charge in [0.05, 0.1) is 0 Å². The van der Waals surface area contributed by atoms with Crippen molar-refractivity contribution >= 4 is 17.8 Å². The van der Waals surface area contributed by atoms with Gasteiger partial charge in [-0.25, -0.2) is 14.8 Å². The molecule has 0 spiro atoms. The van der Waals surface area contributed by atoms with E-state index in [1.54, 1.807) is 0 Å². The number of nitrogens with zero attached hydrogens (tertiary/aromatic N) is 4. The number of amides is 1. The lowest BCUT2D eigenvalue weighted by Gasteiger charge is -2.02. The number of benzene rings is 1. The van der Waals surface area contributed by atoms with E-state index < -0.39 is 17.6 Å². The summed E-state index contributed by atoms with van der Waals surface area (Å²) in [7, 11) is 0. The van der Waals surface area contributed by atoms with E-state index in [1.165, 1.54) is 12.4 Å². The van der Waals surface area contributed by atoms with Crippen LogP contribution in [0, 0.1) is 0 Å². The molecule has 3 aromatic rings. The molecule has 2 aromatic heterocycles. The lowest BCUT2D eigenvalue weighted by atomic mass is 10.2. The van der Waals surface area contributed by atoms with Crippen LogP contribution in [0.3, 0.4) is 0 Å². The van der Waals surface area contributed by atoms with Gasteiger partial charge in [0.25, 0.3) is 5.91 Å². The number of carboxylic acid groups (broad SMARTS) is 1. The monoisotopic (exact) mass is 310 g/mol. The molecule has 1 aromatic carbocycles. The average Bonchev–Trinajstić information content (AvgIpc) is 3.04. The Hall–Kier alpha value is -3.62. The standard InChI is InChI=1S/C14H10N6O3/c21-12(9-10(13(22)23)16-7-6-15-9)18-14-17-11(19-20-14)8-4-2-1-3-5-8/h1-7H,(H,22,23)(H2,17,18,19,20,21). The number of aromatic carboxylic acids is 1. The summed E-state index contributed by atoms with van der Waals surface area (Å²) in [6.45, 7) is 0. The SMILES string of the molecule is O=C(O)c1nccnc1C(=O)Nc1n[nH]c(-c2ccccc2)n1. The molecule has 1 amide bonds. The third-order valence-electron chi connectivity index (χ3n) is 2.87. The number of carbonyl (C=O) groups is 2. The highest BCUT2D eigenvalue weighted by Gasteiger charge is 2.20. The van der Waals surface area contributed by atoms with Gasteiger partial charge in [-0.1, -0.05) is 30.3 Å². The molecule has 2 heterocycles. The lowest BCUT2D eigenvalue weighted by molar-refractivity contribution is 0.0685. The lowest BCUT2D eigenvalue weighted by Crippen LogP contribution is -2.20. The minimum Gasteiger partial charge on any atom is -0.476 e. The number of hydrogen-bond donors (Lipinski definition) is 3. The van der Waals surface area contributed by atoms with Gasteiger partial charge < -0.3 is 5.11 Å². The van der Waals surface area contributed by atoms with E-state index >= 15 is 0 Å². The molecule has 0 radical (unpaired) electrons. The molecular weight excluding hydrogens is 300 g/mol. The van der Waals surface area contributed by atoms with E-state index in [0.717, 1.165) is 5.56 Å². The van der Waals surface area contributed by atoms with Gasteiger partial charge in [0.15, 0.2) is 17.2 Å². The van der Waals surface area contributed by atoms with Crippen molar-refractivity contribution in [2.45, 2.75) is 0 Å². The van der Waals surface area contributed by atoms with Crippen molar-refractivity contribution in [3.05, 3.63) is 54.1 Å². The maximum absolute atomic E-state index is 12.1. The first-order chi connectivity index (χ1) is 11.1. The van der Waals surface area contributed by atoms with Crippen molar-refractivity contribution in [2.24, 2.45) is 0 Å². The zero-order valence-corrected chi connectivity index (χ0v) is 11.6. The summed E-state index contributed by atoms with van der Waals surface area (Å²) >= 11 is 0. The van der Waals surface area contributed by atoms with Crippen molar-refractivity contribution in [3.8, 4) is 11.4 Å². The first kappa shape index (κ1) is 14.3. The highest BCUT2D eigenvalue weighted by molar-refractivity contribution is 6.07. The van der Waals surface area contributed by atoms with Crippen LogP contribution < -0.4 is 5.32 Å². The third kappa shape index (κ3) is 3.02. The number of H-pyrrole nitrogens is 1. The molecule has 0 saturated carbocycles. The summed E-state index contributed by atoms with van der Waals surface area (Å²) in [4.78, 5) is 34.7. The fraction of sp³-hybridized carbons (Fsp3) is 0. The van der Waals surface area contributed by atoms with Crippen LogP contribution >= 0.6 is 0 Å². The molecule has 0 aliphatic rings. The van der Waals surface area contributed by atoms with Crippen LogP contribution in [0.25, 0.3) is 11.4 Å². The number of carboxylic acids is 1. The topological polar surface area (TPSA) is 134 Å². The van der Waals surface area contributed by atoms with Gasteiger partial charge in [-0.3, -0.25) is 15.2 Å². The first-order valence-electron chi connectivity index (χ1n) is 6.48. The normalized spacial score (nSPS) is 10.3. The van der Waals surface area contributed by atoms with Crippen LogP contribution in [0.2, 0.25) is 0 Å². The van der Waals surface area contributed by atoms with Gasteiger partial charge in [0, 0.05) is 18.0 Å². The van der Waals surface area contributed by atoms with Crippen LogP contribution in [-0.2, 0) is 0 Å². The summed E-state index contributed by atoms with van der Waals surface area (Å²) in [5.74, 6) is -1.62. The maximum Gasteiger partial charge on any atom is 0.356 e. The second-order valence-electron chi connectivity index (χ2n) is 4.39. The minimum atomic E-state index is -1.34. The summed E-state index contributed by atoms with van der Waals surface area (Å²) in [6.07, 6.45) is 2.43. The van der Waals surface area contributed by atoms with Gasteiger partial charge in [-0.2, -0.15) is 4.98 Å². The fourth-order valence-electron chi connectivity index (χ4n) is 1.86. The molecule has 0 fully saturated rings. The number of aromatic nitrogens is 5. The zero-order valence-electron chi connectivity index (χ0n) is 11.6. The Balaban J connectivity index is 1.82. The van der Waals surface area contributed by atoms with E-state index in [0.29, 0.717) is 5.82 Å². The Bertz CT molecular complexity index is 862. The molecule has 0 atom stereocenters. The van der Waals surface area contributed by atoms with Crippen molar-refractivity contribution < 1.29 is 14.7 Å². The molecule has 9 heteroatoms. The second kappa shape index (κ2) is 6.02. The summed E-state index contributed by atoms with van der Waals surface area (Å²) in [6, 6.07) is 9.21. The minimum absolute atomic E-state index is 0.0100. The molecule has 0 aliphatic carbocycles. The fourth-order valence-corrected chi connectivity index (χ4v) is 1.86. The predicted molar refractivity (Wildman–Crippen MR) is 78.8 cm³/mol. The number of aromatic amines is 1. The molecule has 0 unspecified atom stereocenters. The largest absolute Gasteiger partial charge is 0.476 e. The highest BCUT2D eigenvalue weighted by Crippen LogP contribution is 2.15. The maximum atomic E-state index is 12.1. The van der Waals surface area contributed by atoms with Crippen molar-refractivity contribution in [2.75, 3.05) is 5.32 Å². The van der Waals surface area contributed by atoms with Crippen LogP contribution in [-0.4, -0.2) is 42.1 Å². The van der Waals surface area contributed by atoms with E-state index in [9.17, 15) is 9.59 Å². The van der Waals surface area contributed by atoms with Crippen LogP contribution in [0.15, 0.2) is 42.7 Å². The molecule has 23 heavy (non-hydrogen) atoms. The van der Waals surface area contributed by atoms with Gasteiger partial charge in [0.2, 0.25) is 5.95 Å². The molecule has 9 nitrogen and oxygen atoms in total. The Kier molecular flexibility index (Phi) is 3.75. The molecule has 3 N–H and O–H groups in total. The number of hydrogen-bond acceptors (Lipinski definition) is 6. The second-order valence-corrected chi connectivity index (χ2v) is 4.39. The third-order valence-corrected chi connectivity index (χ3v) is 2.87. The van der Waals surface area contributed by atoms with Crippen molar-refractivity contribution in [3.63, 3.8) is 0 Å². The van der Waals surface area contributed by atoms with Gasteiger partial charge >= 0.3 is 5.97 Å². The van der Waals surface area contributed by atoms with Crippen LogP contribution in [0.1, 0.15) is 21.0 Å². The van der Waals surface area contributed by atoms with E-state index in [2.05, 4.69) is 30.5 Å². The highest BCUT2D eigenvalue weighted by atomic mass is 16.4. The van der Waals surface area contributed by atoms with E-state index in [4.69, 9.17) is 5.11 Å². The summed E-state index contributed by atoms with van der Waals surface area (Å²) < 4.78 is 0. The summed E-state index contributed by atoms with van der Waals surface area (Å²) in [5.41, 5.74) is 0.0427. The number of nitrogens with one attached hydrogen (secondary N) is 2. The Morgan fingerprint density at radius 1 is 1.04 bits per heavy atom. The molecule has 3 rings (SSSR count). The Labute approximate surface area is 129 Å². The average molecular weight is 310 g/mol. The number of carbonyl (C=O) groups excluding carboxylic acids is 1. The molecule has 0 aliphatic heterocycles. The van der Waals surface area contributed by atoms with Crippen molar-refractivity contribution in [1.29, 1.82) is 0 Å². The van der Waals surface area contributed by atoms with Crippen LogP contribution in [0.5, 0.6) is 0 Å². The predicted octanol–water partition coefficient (Wildman–Crippen LogP) is 1.21. The molecular formula is C14H10N6O3. The van der Waals surface area contributed by atoms with Crippen LogP contribution in [0.4, 0.5) is 5.95 Å². The number of rotatable bonds is 4. The Morgan fingerprint density at radius 2 is 1.74 bits per heavy atom. The van der Waals surface area contributed by atoms with Gasteiger partial charge in [-0.05, 0) is 0 Å². The molecule has 114 valence electrons. The molecule has 0 bridgehead atoms. The number of anilines is 1. The van der Waals surface area contributed by atoms with E-state index in [-0.39, 0.29) is 11.6 Å². The first-order valence-corrected chi connectivity index (χ1v) is 6.48. The Morgan fingerprint density at radius 3 is 2.43 bits per heavy atom. The van der Waals surface area contributed by atoms with Gasteiger partial charge in [0.1, 0.15) is 0 Å². The van der Waals surface area contributed by atoms with Gasteiger partial charge in [-0.15, -0.1) is 5.10 Å². The van der Waals surface area contributed by atoms with E-state index in [1.807, 2.05) is 30.3 Å². The summed E-state index contributed by atoms with van der Waals surface area (Å²) in [5, 5.41) is 18.0. The smallest absolute Gasteiger partial charge is 0.356 e. The zero-order chi connectivity index (χ0) is 16.2. The molecule has 0 saturated heterocycles.